The van der Waals surface area contributed by atoms with Crippen molar-refractivity contribution in [3.63, 3.8) is 0 Å². The number of carbonyl (C=O) groups is 2. The predicted molar refractivity (Wildman–Crippen MR) is 170 cm³/mol. The summed E-state index contributed by atoms with van der Waals surface area (Å²) < 4.78 is 41.2. The molecular weight excluding hydrogens is 592 g/mol. The van der Waals surface area contributed by atoms with Crippen molar-refractivity contribution in [2.45, 2.75) is 115 Å². The number of esters is 2. The fourth-order valence-electron chi connectivity index (χ4n) is 7.83. The normalized spacial score (nSPS) is 37.8. The largest absolute Gasteiger partial charge is 0.462 e. The molecule has 1 N–H and O–H groups in total. The zero-order valence-electron chi connectivity index (χ0n) is 28.0. The SMILES string of the molecule is CC[C@H]1CCC[C@H](OC(C)=O)[C@@H](C)[C@H](O)C2=C[C@H]3c4ccc(O[C@@H]5O[C@@H](C)[C@H](OC)[C@@H](OC)[C@H]5OC)cc4C=C[C@H]3[C@@H]2CC(=O)O1. The van der Waals surface area contributed by atoms with Crippen molar-refractivity contribution >= 4 is 18.0 Å². The minimum Gasteiger partial charge on any atom is -0.462 e. The van der Waals surface area contributed by atoms with Gasteiger partial charge in [-0.1, -0.05) is 38.1 Å². The summed E-state index contributed by atoms with van der Waals surface area (Å²) in [5, 5.41) is 11.8. The van der Waals surface area contributed by atoms with Gasteiger partial charge in [0.15, 0.2) is 0 Å². The van der Waals surface area contributed by atoms with E-state index in [1.165, 1.54) is 6.92 Å². The number of rotatable bonds is 7. The molecule has 46 heavy (non-hydrogen) atoms. The number of benzene rings is 1. The third-order valence-corrected chi connectivity index (χ3v) is 10.3. The van der Waals surface area contributed by atoms with Crippen molar-refractivity contribution in [2.24, 2.45) is 17.8 Å². The Labute approximate surface area is 272 Å². The average Bonchev–Trinajstić information content (AvgIpc) is 3.40. The van der Waals surface area contributed by atoms with Gasteiger partial charge in [-0.15, -0.1) is 0 Å². The topological polar surface area (TPSA) is 119 Å². The first-order chi connectivity index (χ1) is 22.1. The van der Waals surface area contributed by atoms with E-state index in [2.05, 4.69) is 18.2 Å². The van der Waals surface area contributed by atoms with E-state index < -0.39 is 24.6 Å². The van der Waals surface area contributed by atoms with Crippen LogP contribution in [-0.2, 0) is 38.0 Å². The predicted octanol–water partition coefficient (Wildman–Crippen LogP) is 4.96. The molecule has 0 saturated carbocycles. The van der Waals surface area contributed by atoms with Gasteiger partial charge >= 0.3 is 11.9 Å². The highest BCUT2D eigenvalue weighted by molar-refractivity contribution is 5.72. The number of fused-ring (bicyclic) bond motifs is 5. The van der Waals surface area contributed by atoms with E-state index in [4.69, 9.17) is 33.2 Å². The standard InChI is InChI=1S/C36H50O10/c1-8-23-10-9-11-30(44-21(4)37)19(2)32(39)29-17-27-25-15-13-24(16-22(25)12-14-26(27)28(29)18-31(38)45-23)46-36-35(42-7)34(41-6)33(40-5)20(3)43-36/h12-17,19-20,23,26-28,30,32-36,39H,8-11,18H2,1-7H3/t19-,20+,23+,26-,27+,28+,30+,32+,33+,34-,35-,36+/m1/s1. The number of hydrogen-bond donors (Lipinski definition) is 1. The first kappa shape index (κ1) is 34.6. The van der Waals surface area contributed by atoms with Crippen LogP contribution in [0.3, 0.4) is 0 Å². The quantitative estimate of drug-likeness (QED) is 0.323. The second-order valence-corrected chi connectivity index (χ2v) is 13.1. The van der Waals surface area contributed by atoms with Gasteiger partial charge in [-0.25, -0.2) is 0 Å². The lowest BCUT2D eigenvalue weighted by atomic mass is 9.75. The molecule has 10 heteroatoms. The van der Waals surface area contributed by atoms with E-state index in [9.17, 15) is 14.7 Å². The van der Waals surface area contributed by atoms with E-state index in [0.29, 0.717) is 25.0 Å². The lowest BCUT2D eigenvalue weighted by molar-refractivity contribution is -0.282. The van der Waals surface area contributed by atoms with Gasteiger partial charge in [-0.05, 0) is 73.3 Å². The smallest absolute Gasteiger partial charge is 0.306 e. The second kappa shape index (κ2) is 15.0. The lowest BCUT2D eigenvalue weighted by Gasteiger charge is -2.43. The molecule has 0 radical (unpaired) electrons. The molecule has 5 rings (SSSR count). The Bertz CT molecular complexity index is 1290. The number of aliphatic hydroxyl groups excluding tert-OH is 1. The molecule has 1 aromatic carbocycles. The zero-order valence-corrected chi connectivity index (χ0v) is 28.0. The highest BCUT2D eigenvalue weighted by Crippen LogP contribution is 2.51. The molecule has 0 amide bonds. The summed E-state index contributed by atoms with van der Waals surface area (Å²) in [7, 11) is 4.85. The third kappa shape index (κ3) is 7.06. The van der Waals surface area contributed by atoms with Crippen LogP contribution in [0.4, 0.5) is 0 Å². The molecule has 2 fully saturated rings. The highest BCUT2D eigenvalue weighted by Gasteiger charge is 2.47. The van der Waals surface area contributed by atoms with Gasteiger partial charge in [0.25, 0.3) is 0 Å². The monoisotopic (exact) mass is 642 g/mol. The number of methoxy groups -OCH3 is 3. The molecule has 0 bridgehead atoms. The zero-order chi connectivity index (χ0) is 33.1. The Morgan fingerprint density at radius 3 is 2.46 bits per heavy atom. The minimum absolute atomic E-state index is 0.0345. The van der Waals surface area contributed by atoms with Gasteiger partial charge in [0.05, 0.1) is 18.6 Å². The van der Waals surface area contributed by atoms with Crippen LogP contribution in [0.25, 0.3) is 6.08 Å². The lowest BCUT2D eigenvalue weighted by Crippen LogP contribution is -2.60. The molecule has 0 aromatic heterocycles. The number of ether oxygens (including phenoxy) is 7. The van der Waals surface area contributed by atoms with E-state index >= 15 is 0 Å². The number of allylic oxidation sites excluding steroid dienone is 2. The maximum atomic E-state index is 13.2. The van der Waals surface area contributed by atoms with Gasteiger partial charge in [0.2, 0.25) is 6.29 Å². The molecule has 2 aliphatic carbocycles. The van der Waals surface area contributed by atoms with Gasteiger partial charge in [-0.2, -0.15) is 0 Å². The van der Waals surface area contributed by atoms with Crippen molar-refractivity contribution in [1.29, 1.82) is 0 Å². The van der Waals surface area contributed by atoms with E-state index in [0.717, 1.165) is 23.1 Å². The third-order valence-electron chi connectivity index (χ3n) is 10.3. The molecule has 12 atom stereocenters. The Hall–Kier alpha value is -2.76. The van der Waals surface area contributed by atoms with Crippen LogP contribution in [-0.4, -0.2) is 87.4 Å². The fraction of sp³-hybridized carbons (Fsp3) is 0.667. The molecule has 4 aliphatic rings. The maximum absolute atomic E-state index is 13.2. The van der Waals surface area contributed by atoms with Crippen LogP contribution >= 0.6 is 0 Å². The van der Waals surface area contributed by atoms with Crippen molar-refractivity contribution in [2.75, 3.05) is 21.3 Å². The van der Waals surface area contributed by atoms with Crippen LogP contribution < -0.4 is 4.74 Å². The Balaban J connectivity index is 1.42. The number of aliphatic hydroxyl groups is 1. The Morgan fingerprint density at radius 1 is 1.04 bits per heavy atom. The summed E-state index contributed by atoms with van der Waals surface area (Å²) in [6, 6.07) is 5.94. The van der Waals surface area contributed by atoms with Crippen LogP contribution in [0.15, 0.2) is 35.9 Å². The number of hydrogen-bond acceptors (Lipinski definition) is 10. The first-order valence-corrected chi connectivity index (χ1v) is 16.6. The summed E-state index contributed by atoms with van der Waals surface area (Å²) in [5.74, 6) is -0.666. The van der Waals surface area contributed by atoms with E-state index in [-0.39, 0.29) is 66.4 Å². The van der Waals surface area contributed by atoms with Crippen LogP contribution in [0.5, 0.6) is 5.75 Å². The van der Waals surface area contributed by atoms with Gasteiger partial charge in [-0.3, -0.25) is 9.59 Å². The van der Waals surface area contributed by atoms with E-state index in [1.54, 1.807) is 21.3 Å². The molecule has 1 aromatic rings. The molecular formula is C36H50O10. The molecule has 2 heterocycles. The second-order valence-electron chi connectivity index (χ2n) is 13.1. The Kier molecular flexibility index (Phi) is 11.3. The molecule has 2 aliphatic heterocycles. The molecule has 10 nitrogen and oxygen atoms in total. The minimum atomic E-state index is -0.880. The van der Waals surface area contributed by atoms with Gasteiger partial charge < -0.3 is 38.3 Å². The fourth-order valence-corrected chi connectivity index (χ4v) is 7.83. The van der Waals surface area contributed by atoms with Crippen LogP contribution in [0.2, 0.25) is 0 Å². The summed E-state index contributed by atoms with van der Waals surface area (Å²) >= 11 is 0. The first-order valence-electron chi connectivity index (χ1n) is 16.6. The molecule has 0 unspecified atom stereocenters. The molecule has 2 saturated heterocycles. The summed E-state index contributed by atoms with van der Waals surface area (Å²) in [6.07, 6.45) is 5.51. The summed E-state index contributed by atoms with van der Waals surface area (Å²) in [4.78, 5) is 25.2. The summed E-state index contributed by atoms with van der Waals surface area (Å²) in [5.41, 5.74) is 2.86. The average molecular weight is 643 g/mol. The van der Waals surface area contributed by atoms with Crippen molar-refractivity contribution in [3.8, 4) is 5.75 Å². The van der Waals surface area contributed by atoms with Crippen molar-refractivity contribution in [3.05, 3.63) is 47.1 Å². The van der Waals surface area contributed by atoms with E-state index in [1.807, 2.05) is 39.0 Å². The Morgan fingerprint density at radius 2 is 1.78 bits per heavy atom. The van der Waals surface area contributed by atoms with Crippen molar-refractivity contribution < 1.29 is 47.9 Å². The van der Waals surface area contributed by atoms with Gasteiger partial charge in [0.1, 0.15) is 36.3 Å². The molecule has 254 valence electrons. The van der Waals surface area contributed by atoms with Crippen LogP contribution in [0, 0.1) is 17.8 Å². The maximum Gasteiger partial charge on any atom is 0.306 e. The van der Waals surface area contributed by atoms with Crippen molar-refractivity contribution in [1.82, 2.24) is 0 Å². The van der Waals surface area contributed by atoms with Crippen LogP contribution in [0.1, 0.15) is 76.8 Å². The van der Waals surface area contributed by atoms with Gasteiger partial charge in [0, 0.05) is 40.1 Å². The number of carbonyl (C=O) groups excluding carboxylic acids is 2. The summed E-state index contributed by atoms with van der Waals surface area (Å²) in [6.45, 7) is 7.26. The highest BCUT2D eigenvalue weighted by atomic mass is 16.7. The molecule has 0 spiro atoms. The number of cyclic esters (lactones) is 1.